The molecule has 0 aliphatic carbocycles. The molecule has 0 aromatic heterocycles. The normalized spacial score (nSPS) is 11.7. The van der Waals surface area contributed by atoms with Crippen molar-refractivity contribution in [3.63, 3.8) is 0 Å². The number of carbonyl (C=O) groups is 2. The Morgan fingerprint density at radius 3 is 2.61 bits per heavy atom. The molecule has 98 valence electrons. The standard InChI is InChI=1S/C11H11Cl2NO4/c1-6(11(14)16)18-10(15)5-17-9-3-2-7(12)4-8(9)13/h2-4,6H,5H2,1H3,(H2,14,16)/t6-/m1/s1. The molecule has 0 spiro atoms. The van der Waals surface area contributed by atoms with Crippen LogP contribution in [0.3, 0.4) is 0 Å². The molecule has 0 saturated carbocycles. The van der Waals surface area contributed by atoms with Crippen LogP contribution in [0.15, 0.2) is 18.2 Å². The molecule has 0 aliphatic heterocycles. The zero-order chi connectivity index (χ0) is 13.7. The number of amides is 1. The summed E-state index contributed by atoms with van der Waals surface area (Å²) in [4.78, 5) is 22.0. The summed E-state index contributed by atoms with van der Waals surface area (Å²) in [6.45, 7) is 0.995. The van der Waals surface area contributed by atoms with Gasteiger partial charge in [0.25, 0.3) is 5.91 Å². The Bertz CT molecular complexity index is 464. The van der Waals surface area contributed by atoms with E-state index in [0.717, 1.165) is 0 Å². The molecule has 5 nitrogen and oxygen atoms in total. The third-order valence-corrected chi connectivity index (χ3v) is 2.48. The van der Waals surface area contributed by atoms with Crippen LogP contribution in [-0.4, -0.2) is 24.6 Å². The highest BCUT2D eigenvalue weighted by atomic mass is 35.5. The van der Waals surface area contributed by atoms with Crippen LogP contribution in [0.2, 0.25) is 10.0 Å². The van der Waals surface area contributed by atoms with Gasteiger partial charge in [0.1, 0.15) is 5.75 Å². The minimum absolute atomic E-state index is 0.276. The molecule has 1 aromatic carbocycles. The van der Waals surface area contributed by atoms with E-state index in [9.17, 15) is 9.59 Å². The van der Waals surface area contributed by atoms with E-state index in [1.54, 1.807) is 6.07 Å². The van der Waals surface area contributed by atoms with E-state index in [1.165, 1.54) is 19.1 Å². The fourth-order valence-electron chi connectivity index (χ4n) is 1.02. The summed E-state index contributed by atoms with van der Waals surface area (Å²) in [5, 5.41) is 0.732. The fraction of sp³-hybridized carbons (Fsp3) is 0.273. The lowest BCUT2D eigenvalue weighted by atomic mass is 10.3. The van der Waals surface area contributed by atoms with Crippen molar-refractivity contribution >= 4 is 35.1 Å². The van der Waals surface area contributed by atoms with Gasteiger partial charge < -0.3 is 15.2 Å². The topological polar surface area (TPSA) is 78.6 Å². The first-order valence-corrected chi connectivity index (χ1v) is 5.72. The molecule has 1 atom stereocenters. The summed E-state index contributed by atoms with van der Waals surface area (Å²) in [7, 11) is 0. The number of benzene rings is 1. The fourth-order valence-corrected chi connectivity index (χ4v) is 1.48. The van der Waals surface area contributed by atoms with Crippen molar-refractivity contribution in [3.05, 3.63) is 28.2 Å². The maximum absolute atomic E-state index is 11.3. The van der Waals surface area contributed by atoms with Crippen molar-refractivity contribution in [2.24, 2.45) is 5.73 Å². The lowest BCUT2D eigenvalue weighted by Gasteiger charge is -2.11. The smallest absolute Gasteiger partial charge is 0.344 e. The minimum Gasteiger partial charge on any atom is -0.480 e. The van der Waals surface area contributed by atoms with E-state index in [0.29, 0.717) is 10.8 Å². The Hall–Kier alpha value is -1.46. The summed E-state index contributed by atoms with van der Waals surface area (Å²) in [5.41, 5.74) is 4.94. The minimum atomic E-state index is -0.998. The van der Waals surface area contributed by atoms with Gasteiger partial charge in [0.05, 0.1) is 5.02 Å². The Morgan fingerprint density at radius 2 is 2.06 bits per heavy atom. The lowest BCUT2D eigenvalue weighted by Crippen LogP contribution is -2.32. The predicted molar refractivity (Wildman–Crippen MR) is 66.7 cm³/mol. The van der Waals surface area contributed by atoms with Crippen molar-refractivity contribution in [2.75, 3.05) is 6.61 Å². The van der Waals surface area contributed by atoms with Crippen molar-refractivity contribution in [1.82, 2.24) is 0 Å². The molecule has 0 radical (unpaired) electrons. The Labute approximate surface area is 114 Å². The first-order valence-electron chi connectivity index (χ1n) is 4.97. The zero-order valence-electron chi connectivity index (χ0n) is 9.48. The number of rotatable bonds is 5. The third-order valence-electron chi connectivity index (χ3n) is 1.95. The second-order valence-electron chi connectivity index (χ2n) is 3.40. The largest absolute Gasteiger partial charge is 0.480 e. The van der Waals surface area contributed by atoms with E-state index in [-0.39, 0.29) is 11.6 Å². The Kier molecular flexibility index (Phi) is 5.25. The first-order chi connectivity index (χ1) is 8.40. The number of primary amides is 1. The van der Waals surface area contributed by atoms with Gasteiger partial charge in [-0.2, -0.15) is 0 Å². The van der Waals surface area contributed by atoms with Gasteiger partial charge in [-0.1, -0.05) is 23.2 Å². The SMILES string of the molecule is C[C@@H](OC(=O)COc1ccc(Cl)cc1Cl)C(N)=O. The maximum Gasteiger partial charge on any atom is 0.344 e. The number of esters is 1. The molecular formula is C11H11Cl2NO4. The van der Waals surface area contributed by atoms with Crippen molar-refractivity contribution < 1.29 is 19.1 Å². The van der Waals surface area contributed by atoms with Gasteiger partial charge in [-0.25, -0.2) is 4.79 Å². The molecule has 0 fully saturated rings. The molecule has 18 heavy (non-hydrogen) atoms. The second kappa shape index (κ2) is 6.47. The van der Waals surface area contributed by atoms with Crippen LogP contribution < -0.4 is 10.5 Å². The van der Waals surface area contributed by atoms with Crippen LogP contribution in [0.1, 0.15) is 6.92 Å². The van der Waals surface area contributed by atoms with E-state index in [4.69, 9.17) is 33.7 Å². The van der Waals surface area contributed by atoms with E-state index in [1.807, 2.05) is 0 Å². The van der Waals surface area contributed by atoms with Crippen molar-refractivity contribution in [2.45, 2.75) is 13.0 Å². The van der Waals surface area contributed by atoms with E-state index in [2.05, 4.69) is 4.74 Å². The van der Waals surface area contributed by atoms with Gasteiger partial charge in [-0.15, -0.1) is 0 Å². The predicted octanol–water partition coefficient (Wildman–Crippen LogP) is 1.79. The Morgan fingerprint density at radius 1 is 1.39 bits per heavy atom. The molecule has 0 saturated heterocycles. The highest BCUT2D eigenvalue weighted by Crippen LogP contribution is 2.27. The number of hydrogen-bond acceptors (Lipinski definition) is 4. The third kappa shape index (κ3) is 4.43. The average molecular weight is 292 g/mol. The molecule has 7 heteroatoms. The molecule has 1 amide bonds. The van der Waals surface area contributed by atoms with Crippen molar-refractivity contribution in [3.8, 4) is 5.75 Å². The van der Waals surface area contributed by atoms with Crippen LogP contribution >= 0.6 is 23.2 Å². The van der Waals surface area contributed by atoms with Crippen LogP contribution in [0, 0.1) is 0 Å². The summed E-state index contributed by atoms with van der Waals surface area (Å²) < 4.78 is 9.81. The quantitative estimate of drug-likeness (QED) is 0.839. The molecule has 0 heterocycles. The zero-order valence-corrected chi connectivity index (χ0v) is 11.0. The monoisotopic (exact) mass is 291 g/mol. The first kappa shape index (κ1) is 14.6. The number of halogens is 2. The van der Waals surface area contributed by atoms with Crippen LogP contribution in [0.4, 0.5) is 0 Å². The number of hydrogen-bond donors (Lipinski definition) is 1. The van der Waals surface area contributed by atoms with Crippen LogP contribution in [0.25, 0.3) is 0 Å². The molecule has 1 rings (SSSR count). The van der Waals surface area contributed by atoms with Crippen LogP contribution in [-0.2, 0) is 14.3 Å². The van der Waals surface area contributed by atoms with Gasteiger partial charge in [0, 0.05) is 5.02 Å². The van der Waals surface area contributed by atoms with Gasteiger partial charge >= 0.3 is 5.97 Å². The molecule has 1 aromatic rings. The molecular weight excluding hydrogens is 281 g/mol. The average Bonchev–Trinajstić information content (AvgIpc) is 2.27. The van der Waals surface area contributed by atoms with E-state index >= 15 is 0 Å². The lowest BCUT2D eigenvalue weighted by molar-refractivity contribution is -0.155. The summed E-state index contributed by atoms with van der Waals surface area (Å²) in [6.07, 6.45) is -0.998. The highest BCUT2D eigenvalue weighted by Gasteiger charge is 2.15. The molecule has 2 N–H and O–H groups in total. The molecule has 0 bridgehead atoms. The molecule has 0 unspecified atom stereocenters. The van der Waals surface area contributed by atoms with Gasteiger partial charge in [0.15, 0.2) is 12.7 Å². The number of ether oxygens (including phenoxy) is 2. The summed E-state index contributed by atoms with van der Waals surface area (Å²) >= 11 is 11.5. The molecule has 0 aliphatic rings. The van der Waals surface area contributed by atoms with Gasteiger partial charge in [-0.3, -0.25) is 4.79 Å². The van der Waals surface area contributed by atoms with E-state index < -0.39 is 18.0 Å². The van der Waals surface area contributed by atoms with Crippen molar-refractivity contribution in [1.29, 1.82) is 0 Å². The number of carbonyl (C=O) groups excluding carboxylic acids is 2. The Balaban J connectivity index is 2.50. The second-order valence-corrected chi connectivity index (χ2v) is 4.24. The highest BCUT2D eigenvalue weighted by molar-refractivity contribution is 6.35. The van der Waals surface area contributed by atoms with Gasteiger partial charge in [0.2, 0.25) is 0 Å². The maximum atomic E-state index is 11.3. The van der Waals surface area contributed by atoms with Crippen LogP contribution in [0.5, 0.6) is 5.75 Å². The van der Waals surface area contributed by atoms with Gasteiger partial charge in [-0.05, 0) is 25.1 Å². The summed E-state index contributed by atoms with van der Waals surface area (Å²) in [6, 6.07) is 4.57. The summed E-state index contributed by atoms with van der Waals surface area (Å²) in [5.74, 6) is -1.15. The number of nitrogens with two attached hydrogens (primary N) is 1.